The van der Waals surface area contributed by atoms with E-state index < -0.39 is 30.4 Å². The van der Waals surface area contributed by atoms with E-state index in [0.29, 0.717) is 29.3 Å². The third-order valence-corrected chi connectivity index (χ3v) is 7.26. The van der Waals surface area contributed by atoms with Crippen molar-refractivity contribution in [3.05, 3.63) is 70.8 Å². The Morgan fingerprint density at radius 2 is 1.36 bits per heavy atom. The van der Waals surface area contributed by atoms with Crippen molar-refractivity contribution >= 4 is 11.9 Å². The van der Waals surface area contributed by atoms with E-state index in [1.54, 1.807) is 70.2 Å². The van der Waals surface area contributed by atoms with Gasteiger partial charge in [0.25, 0.3) is 0 Å². The highest BCUT2D eigenvalue weighted by atomic mass is 16.6. The third-order valence-electron chi connectivity index (χ3n) is 7.26. The van der Waals surface area contributed by atoms with Crippen molar-refractivity contribution in [1.29, 1.82) is 0 Å². The van der Waals surface area contributed by atoms with Crippen LogP contribution in [0.4, 0.5) is 0 Å². The summed E-state index contributed by atoms with van der Waals surface area (Å²) in [5.41, 5.74) is 2.44. The van der Waals surface area contributed by atoms with Gasteiger partial charge in [-0.1, -0.05) is 24.3 Å². The first-order chi connectivity index (χ1) is 18.7. The molecule has 9 heteroatoms. The zero-order valence-electron chi connectivity index (χ0n) is 22.9. The van der Waals surface area contributed by atoms with Crippen LogP contribution in [-0.2, 0) is 19.1 Å². The van der Waals surface area contributed by atoms with Crippen molar-refractivity contribution in [2.75, 3.05) is 20.8 Å². The minimum absolute atomic E-state index is 0.160. The molecular formula is C30H34O9. The molecule has 0 radical (unpaired) electrons. The zero-order chi connectivity index (χ0) is 28.3. The maximum absolute atomic E-state index is 12.4. The summed E-state index contributed by atoms with van der Waals surface area (Å²) in [4.78, 5) is 24.6. The predicted molar refractivity (Wildman–Crippen MR) is 142 cm³/mol. The monoisotopic (exact) mass is 538 g/mol. The Balaban J connectivity index is 1.57. The SMILES string of the molecule is C/C=C(/C)C(=O)Oc1ccc([C@H]2O[C@@H](O)[C@H]3[C@@H]2CO[C@@H]3c2ccc(OC)c(OC(=O)/C(C)=C\C)c2)cc1OC. The highest BCUT2D eigenvalue weighted by molar-refractivity contribution is 5.90. The van der Waals surface area contributed by atoms with Crippen LogP contribution in [0.5, 0.6) is 23.0 Å². The summed E-state index contributed by atoms with van der Waals surface area (Å²) in [6.07, 6.45) is 1.29. The molecule has 0 saturated carbocycles. The lowest BCUT2D eigenvalue weighted by Gasteiger charge is -2.21. The molecule has 0 bridgehead atoms. The fourth-order valence-electron chi connectivity index (χ4n) is 4.79. The van der Waals surface area contributed by atoms with Crippen LogP contribution in [0, 0.1) is 11.8 Å². The van der Waals surface area contributed by atoms with Crippen molar-refractivity contribution in [2.24, 2.45) is 11.8 Å². The van der Waals surface area contributed by atoms with Gasteiger partial charge in [0.15, 0.2) is 29.3 Å². The quantitative estimate of drug-likeness (QED) is 0.287. The summed E-state index contributed by atoms with van der Waals surface area (Å²) >= 11 is 0. The molecule has 2 aromatic rings. The highest BCUT2D eigenvalue weighted by Gasteiger charge is 2.53. The van der Waals surface area contributed by atoms with Crippen LogP contribution in [0.15, 0.2) is 59.7 Å². The molecule has 0 aliphatic carbocycles. The summed E-state index contributed by atoms with van der Waals surface area (Å²) in [5.74, 6) is -0.140. The highest BCUT2D eigenvalue weighted by Crippen LogP contribution is 2.53. The number of rotatable bonds is 8. The van der Waals surface area contributed by atoms with Crippen molar-refractivity contribution in [3.8, 4) is 23.0 Å². The first-order valence-electron chi connectivity index (χ1n) is 12.7. The molecule has 2 fully saturated rings. The van der Waals surface area contributed by atoms with Crippen LogP contribution >= 0.6 is 0 Å². The second kappa shape index (κ2) is 12.0. The van der Waals surface area contributed by atoms with Crippen LogP contribution in [0.3, 0.4) is 0 Å². The number of carbonyl (C=O) groups is 2. The second-order valence-corrected chi connectivity index (χ2v) is 9.49. The number of methoxy groups -OCH3 is 2. The molecule has 0 amide bonds. The fraction of sp³-hybridized carbons (Fsp3) is 0.400. The number of ether oxygens (including phenoxy) is 6. The Morgan fingerprint density at radius 3 is 1.95 bits per heavy atom. The Bertz CT molecular complexity index is 1300. The number of benzene rings is 2. The van der Waals surface area contributed by atoms with Gasteiger partial charge in [0.2, 0.25) is 0 Å². The van der Waals surface area contributed by atoms with E-state index in [0.717, 1.165) is 11.1 Å². The van der Waals surface area contributed by atoms with Gasteiger partial charge in [-0.3, -0.25) is 0 Å². The summed E-state index contributed by atoms with van der Waals surface area (Å²) < 4.78 is 34.1. The number of fused-ring (bicyclic) bond motifs is 1. The van der Waals surface area contributed by atoms with Crippen molar-refractivity contribution in [1.82, 2.24) is 0 Å². The van der Waals surface area contributed by atoms with E-state index in [-0.39, 0.29) is 23.3 Å². The largest absolute Gasteiger partial charge is 0.493 e. The molecule has 2 aromatic carbocycles. The smallest absolute Gasteiger partial charge is 0.338 e. The summed E-state index contributed by atoms with van der Waals surface area (Å²) in [6, 6.07) is 10.4. The van der Waals surface area contributed by atoms with Crippen molar-refractivity contribution in [2.45, 2.75) is 46.2 Å². The number of aliphatic hydroxyl groups is 1. The number of hydrogen-bond donors (Lipinski definition) is 1. The van der Waals surface area contributed by atoms with Gasteiger partial charge in [-0.15, -0.1) is 0 Å². The van der Waals surface area contributed by atoms with Gasteiger partial charge in [0, 0.05) is 23.0 Å². The Hall–Kier alpha value is -3.66. The molecule has 0 spiro atoms. The van der Waals surface area contributed by atoms with E-state index in [1.165, 1.54) is 14.2 Å². The van der Waals surface area contributed by atoms with E-state index in [2.05, 4.69) is 0 Å². The average molecular weight is 539 g/mol. The van der Waals surface area contributed by atoms with Gasteiger partial charge in [0.1, 0.15) is 0 Å². The number of esters is 2. The van der Waals surface area contributed by atoms with E-state index in [1.807, 2.05) is 6.07 Å². The van der Waals surface area contributed by atoms with Crippen molar-refractivity contribution < 1.29 is 43.1 Å². The van der Waals surface area contributed by atoms with Crippen LogP contribution in [0.2, 0.25) is 0 Å². The van der Waals surface area contributed by atoms with Crippen LogP contribution in [0.1, 0.15) is 51.0 Å². The number of allylic oxidation sites excluding steroid dienone is 2. The number of carbonyl (C=O) groups excluding carboxylic acids is 2. The Morgan fingerprint density at radius 1 is 0.821 bits per heavy atom. The van der Waals surface area contributed by atoms with Gasteiger partial charge in [-0.25, -0.2) is 9.59 Å². The predicted octanol–water partition coefficient (Wildman–Crippen LogP) is 4.84. The standard InChI is InChI=1S/C30H34O9/c1-7-16(3)28(31)37-22-12-10-18(13-23(22)35-6)26-20-15-36-27(25(20)30(33)39-26)19-9-11-21(34-5)24(14-19)38-29(32)17(4)8-2/h7-14,20,25-27,30,33H,15H2,1-6H3/b16-7-,17-8-/t20-,25-,26+,27+,30+/m0/s1. The summed E-state index contributed by atoms with van der Waals surface area (Å²) in [6.45, 7) is 7.21. The molecule has 9 nitrogen and oxygen atoms in total. The molecule has 1 N–H and O–H groups in total. The average Bonchev–Trinajstić information content (AvgIpc) is 3.53. The topological polar surface area (TPSA) is 110 Å². The molecule has 2 heterocycles. The normalized spacial score (nSPS) is 24.7. The first kappa shape index (κ1) is 28.4. The van der Waals surface area contributed by atoms with E-state index in [9.17, 15) is 14.7 Å². The minimum atomic E-state index is -1.09. The third kappa shape index (κ3) is 5.71. The number of hydrogen-bond acceptors (Lipinski definition) is 9. The second-order valence-electron chi connectivity index (χ2n) is 9.49. The van der Waals surface area contributed by atoms with Gasteiger partial charge in [-0.05, 0) is 63.1 Å². The molecule has 2 saturated heterocycles. The minimum Gasteiger partial charge on any atom is -0.493 e. The molecule has 0 aromatic heterocycles. The summed E-state index contributed by atoms with van der Waals surface area (Å²) in [7, 11) is 2.99. The van der Waals surface area contributed by atoms with Gasteiger partial charge < -0.3 is 33.5 Å². The molecule has 0 unspecified atom stereocenters. The number of aliphatic hydroxyl groups excluding tert-OH is 1. The Kier molecular flexibility index (Phi) is 8.74. The lowest BCUT2D eigenvalue weighted by atomic mass is 9.84. The molecule has 208 valence electrons. The maximum atomic E-state index is 12.4. The van der Waals surface area contributed by atoms with Gasteiger partial charge in [-0.2, -0.15) is 0 Å². The first-order valence-corrected chi connectivity index (χ1v) is 12.7. The summed E-state index contributed by atoms with van der Waals surface area (Å²) in [5, 5.41) is 10.9. The van der Waals surface area contributed by atoms with Crippen molar-refractivity contribution in [3.63, 3.8) is 0 Å². The van der Waals surface area contributed by atoms with Gasteiger partial charge >= 0.3 is 11.9 Å². The fourth-order valence-corrected chi connectivity index (χ4v) is 4.79. The van der Waals surface area contributed by atoms with Crippen LogP contribution in [-0.4, -0.2) is 44.2 Å². The lowest BCUT2D eigenvalue weighted by molar-refractivity contribution is -0.134. The molecule has 39 heavy (non-hydrogen) atoms. The molecule has 2 aliphatic rings. The van der Waals surface area contributed by atoms with Crippen LogP contribution < -0.4 is 18.9 Å². The van der Waals surface area contributed by atoms with E-state index >= 15 is 0 Å². The molecule has 2 aliphatic heterocycles. The molecule has 5 atom stereocenters. The van der Waals surface area contributed by atoms with Crippen LogP contribution in [0.25, 0.3) is 0 Å². The maximum Gasteiger partial charge on any atom is 0.338 e. The Labute approximate surface area is 227 Å². The lowest BCUT2D eigenvalue weighted by Crippen LogP contribution is -2.22. The molecular weight excluding hydrogens is 504 g/mol. The molecule has 4 rings (SSSR count). The van der Waals surface area contributed by atoms with Gasteiger partial charge in [0.05, 0.1) is 33.0 Å². The zero-order valence-corrected chi connectivity index (χ0v) is 22.9. The van der Waals surface area contributed by atoms with E-state index in [4.69, 9.17) is 28.4 Å².